The molecule has 3 atom stereocenters. The summed E-state index contributed by atoms with van der Waals surface area (Å²) in [4.78, 5) is 58.9. The molecule has 254 valence electrons. The molecule has 7 heterocycles. The maximum absolute atomic E-state index is 14.4. The van der Waals surface area contributed by atoms with Crippen molar-refractivity contribution in [2.45, 2.75) is 71.7 Å². The Morgan fingerprint density at radius 2 is 1.90 bits per heavy atom. The first kappa shape index (κ1) is 32.2. The second-order valence-electron chi connectivity index (χ2n) is 14.3. The van der Waals surface area contributed by atoms with Gasteiger partial charge in [0.25, 0.3) is 0 Å². The number of likely N-dealkylation sites (tertiary alicyclic amines) is 1. The number of ether oxygens (including phenoxy) is 1. The number of benzene rings is 1. The molecule has 1 aromatic carbocycles. The number of ketones is 1. The average Bonchev–Trinajstić information content (AvgIpc) is 3.44. The summed E-state index contributed by atoms with van der Waals surface area (Å²) in [6, 6.07) is 6.98. The minimum Gasteiger partial charge on any atom is -0.377 e. The zero-order valence-corrected chi connectivity index (χ0v) is 29.5. The Morgan fingerprint density at radius 1 is 1.10 bits per heavy atom. The molecular formula is C36H39BrN8O4. The molecule has 4 bridgehead atoms. The highest BCUT2D eigenvalue weighted by Gasteiger charge is 2.67. The van der Waals surface area contributed by atoms with Gasteiger partial charge in [-0.15, -0.1) is 0 Å². The van der Waals surface area contributed by atoms with Crippen LogP contribution in [-0.4, -0.2) is 90.5 Å². The zero-order chi connectivity index (χ0) is 34.0. The van der Waals surface area contributed by atoms with Crippen LogP contribution >= 0.6 is 15.9 Å². The lowest BCUT2D eigenvalue weighted by atomic mass is 9.91. The highest BCUT2D eigenvalue weighted by Crippen LogP contribution is 2.60. The summed E-state index contributed by atoms with van der Waals surface area (Å²) in [5.74, 6) is 1.13. The van der Waals surface area contributed by atoms with Crippen LogP contribution in [0.3, 0.4) is 0 Å². The van der Waals surface area contributed by atoms with Crippen LogP contribution in [0, 0.1) is 25.2 Å². The highest BCUT2D eigenvalue weighted by atomic mass is 79.9. The van der Waals surface area contributed by atoms with E-state index in [2.05, 4.69) is 41.1 Å². The lowest BCUT2D eigenvalue weighted by molar-refractivity contribution is -0.138. The molecule has 3 fully saturated rings. The summed E-state index contributed by atoms with van der Waals surface area (Å²) in [5, 5.41) is 8.42. The highest BCUT2D eigenvalue weighted by molar-refractivity contribution is 9.10. The number of Topliss-reactive ketones (excluding diaryl/α,β-unsaturated/α-hetero) is 1. The number of carbonyl (C=O) groups excluding carboxylic acids is 3. The van der Waals surface area contributed by atoms with Crippen molar-refractivity contribution in [2.75, 3.05) is 31.6 Å². The van der Waals surface area contributed by atoms with Crippen molar-refractivity contribution in [1.82, 2.24) is 34.5 Å². The van der Waals surface area contributed by atoms with E-state index in [-0.39, 0.29) is 35.6 Å². The van der Waals surface area contributed by atoms with Gasteiger partial charge in [0.2, 0.25) is 11.8 Å². The summed E-state index contributed by atoms with van der Waals surface area (Å²) >= 11 is 3.44. The molecule has 5 aliphatic rings. The molecule has 2 amide bonds. The Hall–Kier alpha value is -4.07. The molecule has 13 heteroatoms. The first-order chi connectivity index (χ1) is 23.6. The topological polar surface area (TPSA) is 135 Å². The summed E-state index contributed by atoms with van der Waals surface area (Å²) < 4.78 is 8.23. The van der Waals surface area contributed by atoms with Crippen LogP contribution < -0.4 is 5.32 Å². The monoisotopic (exact) mass is 726 g/mol. The number of carbonyl (C=O) groups is 3. The number of nitrogens with one attached hydrogen (secondary N) is 1. The largest absolute Gasteiger partial charge is 0.377 e. The molecule has 3 aromatic heterocycles. The number of piperidine rings is 1. The van der Waals surface area contributed by atoms with Crippen molar-refractivity contribution >= 4 is 50.2 Å². The second-order valence-corrected chi connectivity index (χ2v) is 15.1. The normalized spacial score (nSPS) is 26.4. The molecule has 0 unspecified atom stereocenters. The van der Waals surface area contributed by atoms with Crippen molar-refractivity contribution in [1.29, 1.82) is 0 Å². The number of aromatic nitrogens is 5. The molecule has 12 nitrogen and oxygen atoms in total. The molecular weight excluding hydrogens is 688 g/mol. The molecule has 1 N–H and O–H groups in total. The van der Waals surface area contributed by atoms with E-state index in [0.717, 1.165) is 66.7 Å². The molecule has 4 aromatic rings. The van der Waals surface area contributed by atoms with E-state index in [9.17, 15) is 14.4 Å². The number of fused-ring (bicyclic) bond motifs is 6. The Bertz CT molecular complexity index is 1990. The van der Waals surface area contributed by atoms with Crippen LogP contribution in [0.5, 0.6) is 0 Å². The van der Waals surface area contributed by atoms with Gasteiger partial charge in [-0.3, -0.25) is 19.1 Å². The van der Waals surface area contributed by atoms with Gasteiger partial charge in [0.05, 0.1) is 12.1 Å². The van der Waals surface area contributed by atoms with E-state index in [0.29, 0.717) is 52.9 Å². The predicted octanol–water partition coefficient (Wildman–Crippen LogP) is 4.71. The third-order valence-electron chi connectivity index (χ3n) is 10.7. The Balaban J connectivity index is 1.12. The quantitative estimate of drug-likeness (QED) is 0.234. The molecule has 1 aliphatic carbocycles. The van der Waals surface area contributed by atoms with Crippen LogP contribution in [0.1, 0.15) is 60.0 Å². The van der Waals surface area contributed by atoms with Gasteiger partial charge in [-0.05, 0) is 90.7 Å². The fourth-order valence-corrected chi connectivity index (χ4v) is 8.55. The summed E-state index contributed by atoms with van der Waals surface area (Å²) in [5.41, 5.74) is 4.27. The maximum Gasteiger partial charge on any atom is 0.248 e. The van der Waals surface area contributed by atoms with Gasteiger partial charge in [-0.25, -0.2) is 15.0 Å². The fourth-order valence-electron chi connectivity index (χ4n) is 8.24. The van der Waals surface area contributed by atoms with Gasteiger partial charge in [0.15, 0.2) is 5.78 Å². The number of anilines is 1. The number of nitrogens with zero attached hydrogens (tertiary/aromatic N) is 7. The van der Waals surface area contributed by atoms with E-state index in [4.69, 9.17) is 9.84 Å². The third kappa shape index (κ3) is 5.95. The van der Waals surface area contributed by atoms with Gasteiger partial charge in [0, 0.05) is 73.5 Å². The zero-order valence-electron chi connectivity index (χ0n) is 27.9. The number of halogens is 1. The van der Waals surface area contributed by atoms with Crippen LogP contribution in [0.4, 0.5) is 5.82 Å². The van der Waals surface area contributed by atoms with Gasteiger partial charge in [-0.2, -0.15) is 5.10 Å². The van der Waals surface area contributed by atoms with Gasteiger partial charge in [0.1, 0.15) is 34.5 Å². The van der Waals surface area contributed by atoms with Gasteiger partial charge >= 0.3 is 0 Å². The molecule has 49 heavy (non-hydrogen) atoms. The number of aryl methyl sites for hydroxylation is 2. The van der Waals surface area contributed by atoms with E-state index in [1.54, 1.807) is 22.0 Å². The lowest BCUT2D eigenvalue weighted by Crippen LogP contribution is -2.49. The number of rotatable bonds is 4. The number of hydrogen-bond donors (Lipinski definition) is 1. The molecule has 9 rings (SSSR count). The maximum atomic E-state index is 14.4. The van der Waals surface area contributed by atoms with Gasteiger partial charge < -0.3 is 19.9 Å². The van der Waals surface area contributed by atoms with E-state index in [1.807, 2.05) is 38.1 Å². The first-order valence-electron chi connectivity index (χ1n) is 17.0. The summed E-state index contributed by atoms with van der Waals surface area (Å²) in [6.45, 7) is 9.15. The van der Waals surface area contributed by atoms with Crippen molar-refractivity contribution in [3.63, 3.8) is 0 Å². The lowest BCUT2D eigenvalue weighted by Gasteiger charge is -2.41. The average molecular weight is 728 g/mol. The third-order valence-corrected chi connectivity index (χ3v) is 11.1. The Kier molecular flexibility index (Phi) is 8.11. The Labute approximate surface area is 292 Å². The molecule has 2 saturated heterocycles. The smallest absolute Gasteiger partial charge is 0.248 e. The number of hydrogen-bond acceptors (Lipinski definition) is 9. The van der Waals surface area contributed by atoms with Crippen LogP contribution in [0.25, 0.3) is 22.0 Å². The summed E-state index contributed by atoms with van der Waals surface area (Å²) in [6.07, 6.45) is 7.11. The van der Waals surface area contributed by atoms with Crippen LogP contribution in [-0.2, 0) is 27.5 Å². The van der Waals surface area contributed by atoms with Crippen molar-refractivity contribution in [3.05, 3.63) is 63.9 Å². The van der Waals surface area contributed by atoms with Crippen LogP contribution in [0.15, 0.2) is 41.3 Å². The SMILES string of the molecule is CC(=O)c1nn(CC(=O)N2[C@H]3C[C@]4(C[C@@H]24)CN2CC(CCCOCc4ccc(Br)nc4NC3=O)C2)c2c(C)cc(-c3cnc(C)nc3)cc12. The fraction of sp³-hybridized carbons (Fsp3) is 0.472. The van der Waals surface area contributed by atoms with Gasteiger partial charge in [-0.1, -0.05) is 6.07 Å². The standard InChI is InChI=1S/C36H39BrN8O4/c1-20-9-25(26-13-38-22(3)39-14-26)10-27-32(21(2)46)42-44(33(20)27)17-31(47)45-28-11-36(12-29(36)45)19-43-15-23(16-43)5-4-8-49-18-24-6-7-30(37)40-34(24)41-35(28)48/h6-7,9-10,13-14,23,28-29H,4-5,8,11-12,15-19H2,1-3H3,(H,40,41,48)/t28-,29+,36-/m0/s1. The number of pyridine rings is 1. The second kappa shape index (κ2) is 12.4. The predicted molar refractivity (Wildman–Crippen MR) is 186 cm³/mol. The van der Waals surface area contributed by atoms with Crippen molar-refractivity contribution in [3.8, 4) is 11.1 Å². The van der Waals surface area contributed by atoms with Crippen molar-refractivity contribution < 1.29 is 19.1 Å². The summed E-state index contributed by atoms with van der Waals surface area (Å²) in [7, 11) is 0. The molecule has 0 radical (unpaired) electrons. The van der Waals surface area contributed by atoms with Crippen LogP contribution in [0.2, 0.25) is 0 Å². The molecule has 4 aliphatic heterocycles. The van der Waals surface area contributed by atoms with Crippen molar-refractivity contribution in [2.24, 2.45) is 11.3 Å². The van der Waals surface area contributed by atoms with E-state index < -0.39 is 6.04 Å². The Morgan fingerprint density at radius 3 is 2.67 bits per heavy atom. The number of amides is 2. The first-order valence-corrected chi connectivity index (χ1v) is 17.8. The molecule has 1 saturated carbocycles. The minimum atomic E-state index is -0.658. The van der Waals surface area contributed by atoms with E-state index in [1.165, 1.54) is 6.92 Å². The van der Waals surface area contributed by atoms with E-state index >= 15 is 0 Å². The molecule has 1 spiro atoms. The minimum absolute atomic E-state index is 0.0351.